The highest BCUT2D eigenvalue weighted by molar-refractivity contribution is 7.99. The van der Waals surface area contributed by atoms with Gasteiger partial charge >= 0.3 is 12.1 Å². The van der Waals surface area contributed by atoms with E-state index in [-0.39, 0.29) is 12.1 Å². The lowest BCUT2D eigenvalue weighted by Crippen LogP contribution is -2.38. The number of esters is 1. The Morgan fingerprint density at radius 2 is 1.63 bits per heavy atom. The first kappa shape index (κ1) is 31.7. The lowest BCUT2D eigenvalue weighted by molar-refractivity contribution is -0.146. The van der Waals surface area contributed by atoms with Crippen LogP contribution < -0.4 is 4.90 Å². The average Bonchev–Trinajstić information content (AvgIpc) is 2.96. The van der Waals surface area contributed by atoms with E-state index in [1.807, 2.05) is 29.2 Å². The fraction of sp³-hybridized carbons (Fsp3) is 0.594. The third-order valence-corrected chi connectivity index (χ3v) is 8.91. The van der Waals surface area contributed by atoms with E-state index in [9.17, 15) is 18.0 Å². The van der Waals surface area contributed by atoms with Crippen LogP contribution in [-0.4, -0.2) is 56.4 Å². The van der Waals surface area contributed by atoms with Gasteiger partial charge in [-0.15, -0.1) is 0 Å². The average molecular weight is 593 g/mol. The molecule has 5 nitrogen and oxygen atoms in total. The van der Waals surface area contributed by atoms with Crippen LogP contribution in [0.5, 0.6) is 0 Å². The zero-order valence-electron chi connectivity index (χ0n) is 24.1. The Hall–Kier alpha value is -2.23. The Morgan fingerprint density at radius 1 is 0.902 bits per heavy atom. The van der Waals surface area contributed by atoms with E-state index < -0.39 is 11.7 Å². The van der Waals surface area contributed by atoms with Crippen molar-refractivity contribution in [1.82, 2.24) is 4.90 Å². The Kier molecular flexibility index (Phi) is 12.3. The number of halogens is 3. The quantitative estimate of drug-likeness (QED) is 0.153. The van der Waals surface area contributed by atoms with E-state index in [0.29, 0.717) is 31.9 Å². The number of anilines is 2. The Balaban J connectivity index is 1.15. The number of carbonyl (C=O) groups is 1. The number of fused-ring (bicyclic) bond motifs is 2. The third-order valence-electron chi connectivity index (χ3n) is 7.78. The summed E-state index contributed by atoms with van der Waals surface area (Å²) in [6, 6.07) is 12.0. The molecule has 0 amide bonds. The number of nitrogens with zero attached hydrogens (tertiary/aromatic N) is 2. The van der Waals surface area contributed by atoms with Gasteiger partial charge in [0, 0.05) is 35.8 Å². The number of unbranched alkanes of at least 4 members (excludes halogenated alkanes) is 5. The molecule has 0 bridgehead atoms. The summed E-state index contributed by atoms with van der Waals surface area (Å²) in [5, 5.41) is 0. The standard InChI is InChI=1S/C32H43F3N2O3S/c1-2-3-4-5-6-7-13-31(38)40-23-22-39-26-16-20-36(21-17-26)18-10-19-37-27-11-8-9-12-29(27)41-30-15-14-25(24-28(30)37)32(33,34)35/h8-9,11-12,14-15,24,26H,2-7,10,13,16-23H2,1H3. The van der Waals surface area contributed by atoms with Gasteiger partial charge in [0.1, 0.15) is 6.61 Å². The van der Waals surface area contributed by atoms with E-state index in [0.717, 1.165) is 67.2 Å². The van der Waals surface area contributed by atoms with Gasteiger partial charge in [0.25, 0.3) is 0 Å². The van der Waals surface area contributed by atoms with Gasteiger partial charge in [-0.05, 0) is 62.6 Å². The SMILES string of the molecule is CCCCCCCCC(=O)OCCOC1CCN(CCCN2c3ccccc3Sc3ccc(C(F)(F)F)cc32)CC1. The van der Waals surface area contributed by atoms with Crippen LogP contribution in [0.1, 0.15) is 76.7 Å². The van der Waals surface area contributed by atoms with Crippen LogP contribution >= 0.6 is 11.8 Å². The Bertz CT molecular complexity index is 1110. The molecule has 2 aliphatic heterocycles. The molecule has 1 saturated heterocycles. The number of ether oxygens (including phenoxy) is 2. The molecule has 0 aromatic heterocycles. The van der Waals surface area contributed by atoms with Crippen LogP contribution in [-0.2, 0) is 20.4 Å². The van der Waals surface area contributed by atoms with Crippen LogP contribution in [0.3, 0.4) is 0 Å². The fourth-order valence-corrected chi connectivity index (χ4v) is 6.57. The number of benzene rings is 2. The number of hydrogen-bond donors (Lipinski definition) is 0. The molecule has 0 N–H and O–H groups in total. The second-order valence-corrected chi connectivity index (χ2v) is 12.0. The van der Waals surface area contributed by atoms with E-state index >= 15 is 0 Å². The Morgan fingerprint density at radius 3 is 2.41 bits per heavy atom. The highest BCUT2D eigenvalue weighted by atomic mass is 32.2. The van der Waals surface area contributed by atoms with Crippen molar-refractivity contribution in [1.29, 1.82) is 0 Å². The van der Waals surface area contributed by atoms with Gasteiger partial charge in [-0.25, -0.2) is 0 Å². The smallest absolute Gasteiger partial charge is 0.416 e. The van der Waals surface area contributed by atoms with Gasteiger partial charge in [0.2, 0.25) is 0 Å². The monoisotopic (exact) mass is 592 g/mol. The lowest BCUT2D eigenvalue weighted by atomic mass is 10.1. The number of piperidine rings is 1. The molecule has 2 heterocycles. The first-order valence-corrected chi connectivity index (χ1v) is 15.9. The molecule has 1 fully saturated rings. The van der Waals surface area contributed by atoms with E-state index in [4.69, 9.17) is 9.47 Å². The lowest BCUT2D eigenvalue weighted by Gasteiger charge is -2.35. The molecular weight excluding hydrogens is 549 g/mol. The molecule has 0 atom stereocenters. The molecule has 2 aromatic carbocycles. The van der Waals surface area contributed by atoms with Crippen molar-refractivity contribution in [2.45, 2.75) is 93.2 Å². The normalized spacial score (nSPS) is 16.0. The number of likely N-dealkylation sites (tertiary alicyclic amines) is 1. The van der Waals surface area contributed by atoms with E-state index in [1.54, 1.807) is 6.07 Å². The molecule has 4 rings (SSSR count). The van der Waals surface area contributed by atoms with Crippen LogP contribution in [0.25, 0.3) is 0 Å². The number of para-hydroxylation sites is 1. The largest absolute Gasteiger partial charge is 0.463 e. The molecule has 2 aromatic rings. The van der Waals surface area contributed by atoms with Crippen molar-refractivity contribution in [3.05, 3.63) is 48.0 Å². The van der Waals surface area contributed by atoms with E-state index in [1.165, 1.54) is 49.6 Å². The van der Waals surface area contributed by atoms with Gasteiger partial charge in [-0.3, -0.25) is 4.79 Å². The summed E-state index contributed by atoms with van der Waals surface area (Å²) >= 11 is 1.52. The summed E-state index contributed by atoms with van der Waals surface area (Å²) in [5.74, 6) is -0.133. The second kappa shape index (κ2) is 15.8. The summed E-state index contributed by atoms with van der Waals surface area (Å²) < 4.78 is 51.7. The predicted octanol–water partition coefficient (Wildman–Crippen LogP) is 8.47. The maximum absolute atomic E-state index is 13.5. The first-order valence-electron chi connectivity index (χ1n) is 15.1. The van der Waals surface area contributed by atoms with Crippen LogP contribution in [0.2, 0.25) is 0 Å². The minimum atomic E-state index is -4.37. The minimum Gasteiger partial charge on any atom is -0.463 e. The van der Waals surface area contributed by atoms with Crippen molar-refractivity contribution in [2.75, 3.05) is 44.3 Å². The van der Waals surface area contributed by atoms with Crippen molar-refractivity contribution < 1.29 is 27.4 Å². The van der Waals surface area contributed by atoms with Crippen LogP contribution in [0.4, 0.5) is 24.5 Å². The van der Waals surface area contributed by atoms with Crippen molar-refractivity contribution in [3.63, 3.8) is 0 Å². The summed E-state index contributed by atoms with van der Waals surface area (Å²) in [6.07, 6.45) is 5.87. The zero-order chi connectivity index (χ0) is 29.1. The molecule has 2 aliphatic rings. The van der Waals surface area contributed by atoms with Gasteiger partial charge in [-0.2, -0.15) is 13.2 Å². The summed E-state index contributed by atoms with van der Waals surface area (Å²) in [6.45, 7) is 6.30. The number of rotatable bonds is 15. The molecule has 0 spiro atoms. The molecule has 226 valence electrons. The molecule has 41 heavy (non-hydrogen) atoms. The highest BCUT2D eigenvalue weighted by Gasteiger charge is 2.33. The topological polar surface area (TPSA) is 42.0 Å². The number of hydrogen-bond acceptors (Lipinski definition) is 6. The second-order valence-electron chi connectivity index (χ2n) is 10.9. The van der Waals surface area contributed by atoms with Crippen molar-refractivity contribution in [2.24, 2.45) is 0 Å². The summed E-state index contributed by atoms with van der Waals surface area (Å²) in [4.78, 5) is 18.3. The maximum atomic E-state index is 13.5. The third kappa shape index (κ3) is 9.65. The molecular formula is C32H43F3N2O3S. The Labute approximate surface area is 246 Å². The van der Waals surface area contributed by atoms with Gasteiger partial charge in [0.15, 0.2) is 0 Å². The fourth-order valence-electron chi connectivity index (χ4n) is 5.49. The predicted molar refractivity (Wildman–Crippen MR) is 158 cm³/mol. The summed E-state index contributed by atoms with van der Waals surface area (Å²) in [7, 11) is 0. The number of carbonyl (C=O) groups excluding carboxylic acids is 1. The molecule has 0 radical (unpaired) electrons. The molecule has 9 heteroatoms. The number of alkyl halides is 3. The van der Waals surface area contributed by atoms with Crippen LogP contribution in [0.15, 0.2) is 52.3 Å². The van der Waals surface area contributed by atoms with E-state index in [2.05, 4.69) is 11.8 Å². The van der Waals surface area contributed by atoms with Gasteiger partial charge < -0.3 is 19.3 Å². The first-order chi connectivity index (χ1) is 19.8. The van der Waals surface area contributed by atoms with Crippen molar-refractivity contribution in [3.8, 4) is 0 Å². The zero-order valence-corrected chi connectivity index (χ0v) is 24.9. The molecule has 0 saturated carbocycles. The summed E-state index contributed by atoms with van der Waals surface area (Å²) in [5.41, 5.74) is 0.975. The molecule has 0 aliphatic carbocycles. The van der Waals surface area contributed by atoms with Crippen LogP contribution in [0, 0.1) is 0 Å². The highest BCUT2D eigenvalue weighted by Crippen LogP contribution is 2.49. The molecule has 0 unspecified atom stereocenters. The van der Waals surface area contributed by atoms with Gasteiger partial charge in [-0.1, -0.05) is 62.9 Å². The van der Waals surface area contributed by atoms with Gasteiger partial charge in [0.05, 0.1) is 29.6 Å². The maximum Gasteiger partial charge on any atom is 0.416 e. The minimum absolute atomic E-state index is 0.133. The van der Waals surface area contributed by atoms with Crippen molar-refractivity contribution >= 4 is 29.1 Å².